The minimum absolute atomic E-state index is 0.0838. The Morgan fingerprint density at radius 1 is 1.21 bits per heavy atom. The highest BCUT2D eigenvalue weighted by atomic mass is 19.4. The first-order valence-corrected chi connectivity index (χ1v) is 5.08. The van der Waals surface area contributed by atoms with E-state index in [1.54, 1.807) is 0 Å². The largest absolute Gasteiger partial charge is 0.393 e. The van der Waals surface area contributed by atoms with Crippen molar-refractivity contribution in [2.24, 2.45) is 11.8 Å². The summed E-state index contributed by atoms with van der Waals surface area (Å²) in [6.45, 7) is 1.08. The van der Waals surface area contributed by atoms with Gasteiger partial charge in [-0.15, -0.1) is 0 Å². The van der Waals surface area contributed by atoms with Gasteiger partial charge in [0.1, 0.15) is 0 Å². The highest BCUT2D eigenvalue weighted by Gasteiger charge is 2.47. The Morgan fingerprint density at radius 3 is 2.50 bits per heavy atom. The molecule has 1 heterocycles. The van der Waals surface area contributed by atoms with Crippen molar-refractivity contribution >= 4 is 0 Å². The van der Waals surface area contributed by atoms with Crippen molar-refractivity contribution in [1.29, 1.82) is 0 Å². The van der Waals surface area contributed by atoms with Gasteiger partial charge in [0.2, 0.25) is 0 Å². The van der Waals surface area contributed by atoms with E-state index in [1.165, 1.54) is 0 Å². The van der Waals surface area contributed by atoms with Crippen LogP contribution in [0.3, 0.4) is 0 Å². The molecule has 0 aromatic rings. The van der Waals surface area contributed by atoms with Crippen LogP contribution in [-0.4, -0.2) is 31.9 Å². The van der Waals surface area contributed by atoms with Crippen LogP contribution in [0.4, 0.5) is 13.2 Å². The Labute approximate surface area is 81.2 Å². The normalized spacial score (nSPS) is 33.6. The Hall–Kier alpha value is -0.290. The maximum absolute atomic E-state index is 12.5. The van der Waals surface area contributed by atoms with Gasteiger partial charge in [-0.25, -0.2) is 0 Å². The van der Waals surface area contributed by atoms with Crippen molar-refractivity contribution in [2.75, 3.05) is 19.6 Å². The van der Waals surface area contributed by atoms with Crippen LogP contribution in [0, 0.1) is 11.8 Å². The molecule has 0 amide bonds. The lowest BCUT2D eigenvalue weighted by Crippen LogP contribution is -2.36. The van der Waals surface area contributed by atoms with Crippen LogP contribution >= 0.6 is 0 Å². The molecule has 82 valence electrons. The third-order valence-corrected chi connectivity index (χ3v) is 3.01. The molecule has 14 heavy (non-hydrogen) atoms. The average molecular weight is 208 g/mol. The number of nitrogens with one attached hydrogen (secondary N) is 2. The highest BCUT2D eigenvalue weighted by molar-refractivity contribution is 4.89. The van der Waals surface area contributed by atoms with Gasteiger partial charge in [-0.05, 0) is 25.3 Å². The summed E-state index contributed by atoms with van der Waals surface area (Å²) in [5.41, 5.74) is 0. The molecule has 2 rings (SSSR count). The maximum atomic E-state index is 12.5. The maximum Gasteiger partial charge on any atom is 0.393 e. The van der Waals surface area contributed by atoms with Crippen LogP contribution in [0.25, 0.3) is 0 Å². The number of halogens is 3. The molecule has 2 nitrogen and oxygen atoms in total. The molecule has 0 aromatic heterocycles. The molecule has 1 saturated heterocycles. The molecule has 1 saturated carbocycles. The number of rotatable bonds is 3. The van der Waals surface area contributed by atoms with E-state index in [-0.39, 0.29) is 12.5 Å². The van der Waals surface area contributed by atoms with Gasteiger partial charge in [-0.1, -0.05) is 0 Å². The van der Waals surface area contributed by atoms with Crippen LogP contribution in [-0.2, 0) is 0 Å². The van der Waals surface area contributed by atoms with Crippen LogP contribution in [0.2, 0.25) is 0 Å². The van der Waals surface area contributed by atoms with Gasteiger partial charge in [-0.2, -0.15) is 13.2 Å². The summed E-state index contributed by atoms with van der Waals surface area (Å²) in [4.78, 5) is 0. The van der Waals surface area contributed by atoms with Gasteiger partial charge in [0.25, 0.3) is 0 Å². The fraction of sp³-hybridized carbons (Fsp3) is 1.00. The molecule has 2 atom stereocenters. The van der Waals surface area contributed by atoms with Crippen molar-refractivity contribution in [3.8, 4) is 0 Å². The van der Waals surface area contributed by atoms with Crippen LogP contribution in [0.5, 0.6) is 0 Å². The van der Waals surface area contributed by atoms with E-state index < -0.39 is 12.1 Å². The zero-order chi connectivity index (χ0) is 10.2. The van der Waals surface area contributed by atoms with E-state index in [1.807, 2.05) is 0 Å². The van der Waals surface area contributed by atoms with Crippen molar-refractivity contribution < 1.29 is 13.2 Å². The lowest BCUT2D eigenvalue weighted by Gasteiger charge is -2.21. The summed E-state index contributed by atoms with van der Waals surface area (Å²) in [5.74, 6) is -1.44. The fourth-order valence-corrected chi connectivity index (χ4v) is 1.94. The van der Waals surface area contributed by atoms with E-state index in [4.69, 9.17) is 0 Å². The SMILES string of the molecule is FC(F)(F)[C@@H]1CNC[C@H]1CNC1CC1. The predicted molar refractivity (Wildman–Crippen MR) is 46.9 cm³/mol. The third kappa shape index (κ3) is 2.39. The molecule has 5 heteroatoms. The summed E-state index contributed by atoms with van der Waals surface area (Å²) in [5, 5.41) is 5.97. The summed E-state index contributed by atoms with van der Waals surface area (Å²) in [6.07, 6.45) is -1.80. The minimum Gasteiger partial charge on any atom is -0.316 e. The van der Waals surface area contributed by atoms with Crippen molar-refractivity contribution in [1.82, 2.24) is 10.6 Å². The molecule has 0 spiro atoms. The lowest BCUT2D eigenvalue weighted by molar-refractivity contribution is -0.178. The zero-order valence-corrected chi connectivity index (χ0v) is 7.90. The lowest BCUT2D eigenvalue weighted by atomic mass is 9.95. The molecule has 0 aromatic carbocycles. The summed E-state index contributed by atoms with van der Waals surface area (Å²) < 4.78 is 37.4. The second kappa shape index (κ2) is 3.70. The van der Waals surface area contributed by atoms with Crippen LogP contribution in [0.15, 0.2) is 0 Å². The van der Waals surface area contributed by atoms with Gasteiger partial charge in [-0.3, -0.25) is 0 Å². The molecule has 0 radical (unpaired) electrons. The molecule has 2 N–H and O–H groups in total. The monoisotopic (exact) mass is 208 g/mol. The van der Waals surface area contributed by atoms with E-state index >= 15 is 0 Å². The number of hydrogen-bond donors (Lipinski definition) is 2. The highest BCUT2D eigenvalue weighted by Crippen LogP contribution is 2.34. The van der Waals surface area contributed by atoms with E-state index in [0.29, 0.717) is 19.1 Å². The van der Waals surface area contributed by atoms with Gasteiger partial charge >= 0.3 is 6.18 Å². The first-order chi connectivity index (χ1) is 6.57. The van der Waals surface area contributed by atoms with Crippen LogP contribution in [0.1, 0.15) is 12.8 Å². The fourth-order valence-electron chi connectivity index (χ4n) is 1.94. The molecular weight excluding hydrogens is 193 g/mol. The average Bonchev–Trinajstić information content (AvgIpc) is 2.77. The van der Waals surface area contributed by atoms with Crippen molar-refractivity contribution in [3.63, 3.8) is 0 Å². The van der Waals surface area contributed by atoms with E-state index in [0.717, 1.165) is 12.8 Å². The van der Waals surface area contributed by atoms with Gasteiger partial charge < -0.3 is 10.6 Å². The standard InChI is InChI=1S/C9H15F3N2/c10-9(11,12)8-5-13-3-6(8)4-14-7-1-2-7/h6-8,13-14H,1-5H2/t6-,8+/m0/s1. The molecule has 0 bridgehead atoms. The van der Waals surface area contributed by atoms with Gasteiger partial charge in [0.15, 0.2) is 0 Å². The molecule has 1 aliphatic heterocycles. The molecule has 2 fully saturated rings. The topological polar surface area (TPSA) is 24.1 Å². The molecular formula is C9H15F3N2. The Morgan fingerprint density at radius 2 is 1.93 bits per heavy atom. The molecule has 1 aliphatic carbocycles. The summed E-state index contributed by atoms with van der Waals surface area (Å²) in [6, 6.07) is 0.490. The van der Waals surface area contributed by atoms with Crippen LogP contribution < -0.4 is 10.6 Å². The van der Waals surface area contributed by atoms with Gasteiger partial charge in [0.05, 0.1) is 5.92 Å². The number of alkyl halides is 3. The Bertz CT molecular complexity index is 201. The third-order valence-electron chi connectivity index (χ3n) is 3.01. The Balaban J connectivity index is 1.82. The second-order valence-electron chi connectivity index (χ2n) is 4.25. The minimum atomic E-state index is -4.04. The second-order valence-corrected chi connectivity index (χ2v) is 4.25. The van der Waals surface area contributed by atoms with E-state index in [2.05, 4.69) is 10.6 Å². The smallest absolute Gasteiger partial charge is 0.316 e. The Kier molecular flexibility index (Phi) is 2.70. The molecule has 2 aliphatic rings. The van der Waals surface area contributed by atoms with Crippen molar-refractivity contribution in [3.05, 3.63) is 0 Å². The first-order valence-electron chi connectivity index (χ1n) is 5.08. The number of hydrogen-bond acceptors (Lipinski definition) is 2. The predicted octanol–water partition coefficient (Wildman–Crippen LogP) is 1.14. The summed E-state index contributed by atoms with van der Waals surface area (Å²) in [7, 11) is 0. The quantitative estimate of drug-likeness (QED) is 0.726. The summed E-state index contributed by atoms with van der Waals surface area (Å²) >= 11 is 0. The molecule has 0 unspecified atom stereocenters. The first kappa shape index (κ1) is 10.2. The van der Waals surface area contributed by atoms with E-state index in [9.17, 15) is 13.2 Å². The van der Waals surface area contributed by atoms with Crippen molar-refractivity contribution in [2.45, 2.75) is 25.1 Å². The van der Waals surface area contributed by atoms with Gasteiger partial charge in [0, 0.05) is 19.1 Å². The zero-order valence-electron chi connectivity index (χ0n) is 7.90.